The van der Waals surface area contributed by atoms with Gasteiger partial charge >= 0.3 is 11.9 Å². The van der Waals surface area contributed by atoms with E-state index in [0.29, 0.717) is 5.75 Å². The largest absolute Gasteiger partial charge is 0.461 e. The number of rotatable bonds is 5. The summed E-state index contributed by atoms with van der Waals surface area (Å²) in [6.45, 7) is 4.00. The molecule has 0 N–H and O–H groups in total. The summed E-state index contributed by atoms with van der Waals surface area (Å²) in [5.41, 5.74) is 1.30. The minimum absolute atomic E-state index is 0.0603. The number of nitrogens with zero attached hydrogens (tertiary/aromatic N) is 1. The summed E-state index contributed by atoms with van der Waals surface area (Å²) in [4.78, 5) is 27.6. The van der Waals surface area contributed by atoms with Gasteiger partial charge < -0.3 is 9.47 Å². The molecule has 0 amide bonds. The molecule has 1 heterocycles. The van der Waals surface area contributed by atoms with Crippen LogP contribution in [0, 0.1) is 0 Å². The highest BCUT2D eigenvalue weighted by molar-refractivity contribution is 5.92. The summed E-state index contributed by atoms with van der Waals surface area (Å²) in [5, 5.41) is 0. The Bertz CT molecular complexity index is 665. The lowest BCUT2D eigenvalue weighted by Crippen LogP contribution is -2.14. The summed E-state index contributed by atoms with van der Waals surface area (Å²) in [5.74, 6) is -0.745. The predicted octanol–water partition coefficient (Wildman–Crippen LogP) is 3.04. The van der Waals surface area contributed by atoms with Crippen LogP contribution in [-0.2, 0) is 11.2 Å². The topological polar surface area (TPSA) is 65.5 Å². The van der Waals surface area contributed by atoms with E-state index < -0.39 is 11.9 Å². The highest BCUT2D eigenvalue weighted by Crippen LogP contribution is 2.14. The molecular weight excluding hydrogens is 282 g/mol. The standard InChI is InChI=1S/C17H17NO4/c1-3-12-8-10-13(11-9-12)22-17(20)15-7-5-6-14(18-15)16(19)21-4-2/h5-11H,3-4H2,1-2H3. The molecule has 0 radical (unpaired) electrons. The van der Waals surface area contributed by atoms with Gasteiger partial charge in [0.05, 0.1) is 6.61 Å². The van der Waals surface area contributed by atoms with Crippen LogP contribution in [0.4, 0.5) is 0 Å². The molecule has 0 spiro atoms. The van der Waals surface area contributed by atoms with Gasteiger partial charge in [-0.3, -0.25) is 0 Å². The number of ether oxygens (including phenoxy) is 2. The molecule has 0 bridgehead atoms. The summed E-state index contributed by atoms with van der Waals surface area (Å²) in [7, 11) is 0. The van der Waals surface area contributed by atoms with Crippen molar-refractivity contribution in [3.05, 3.63) is 59.4 Å². The third kappa shape index (κ3) is 3.91. The van der Waals surface area contributed by atoms with E-state index in [2.05, 4.69) is 4.98 Å². The SMILES string of the molecule is CCOC(=O)c1cccc(C(=O)Oc2ccc(CC)cc2)n1. The molecule has 1 aromatic heterocycles. The average molecular weight is 299 g/mol. The number of aryl methyl sites for hydroxylation is 1. The maximum absolute atomic E-state index is 12.1. The van der Waals surface area contributed by atoms with Gasteiger partial charge in [0.15, 0.2) is 0 Å². The van der Waals surface area contributed by atoms with Crippen molar-refractivity contribution in [2.75, 3.05) is 6.61 Å². The second kappa shape index (κ2) is 7.36. The molecule has 5 nitrogen and oxygen atoms in total. The quantitative estimate of drug-likeness (QED) is 0.627. The van der Waals surface area contributed by atoms with E-state index in [1.807, 2.05) is 19.1 Å². The minimum atomic E-state index is -0.615. The fraction of sp³-hybridized carbons (Fsp3) is 0.235. The van der Waals surface area contributed by atoms with Gasteiger partial charge in [0.2, 0.25) is 0 Å². The molecule has 0 aliphatic rings. The fourth-order valence-electron chi connectivity index (χ4n) is 1.82. The summed E-state index contributed by atoms with van der Waals surface area (Å²) >= 11 is 0. The Morgan fingerprint density at radius 2 is 1.59 bits per heavy atom. The average Bonchev–Trinajstić information content (AvgIpc) is 2.56. The number of aromatic nitrogens is 1. The van der Waals surface area contributed by atoms with Gasteiger partial charge in [-0.2, -0.15) is 0 Å². The molecule has 0 aliphatic heterocycles. The Kier molecular flexibility index (Phi) is 5.25. The number of carbonyl (C=O) groups is 2. The zero-order valence-electron chi connectivity index (χ0n) is 12.5. The van der Waals surface area contributed by atoms with Crippen LogP contribution in [0.2, 0.25) is 0 Å². The molecule has 0 saturated carbocycles. The highest BCUT2D eigenvalue weighted by Gasteiger charge is 2.14. The van der Waals surface area contributed by atoms with Crippen molar-refractivity contribution >= 4 is 11.9 Å². The van der Waals surface area contributed by atoms with Crippen LogP contribution in [-0.4, -0.2) is 23.5 Å². The molecule has 2 aromatic rings. The third-order valence-corrected chi connectivity index (χ3v) is 2.98. The number of pyridine rings is 1. The lowest BCUT2D eigenvalue weighted by Gasteiger charge is -2.06. The van der Waals surface area contributed by atoms with Crippen molar-refractivity contribution in [3.8, 4) is 5.75 Å². The Labute approximate surface area is 128 Å². The molecule has 0 atom stereocenters. The van der Waals surface area contributed by atoms with Crippen molar-refractivity contribution in [2.24, 2.45) is 0 Å². The van der Waals surface area contributed by atoms with Crippen LogP contribution in [0.15, 0.2) is 42.5 Å². The lowest BCUT2D eigenvalue weighted by molar-refractivity contribution is 0.0519. The Morgan fingerprint density at radius 1 is 0.955 bits per heavy atom. The van der Waals surface area contributed by atoms with Gasteiger partial charge in [0.1, 0.15) is 17.1 Å². The lowest BCUT2D eigenvalue weighted by atomic mass is 10.2. The first-order valence-corrected chi connectivity index (χ1v) is 7.09. The molecule has 1 aromatic carbocycles. The number of carbonyl (C=O) groups excluding carboxylic acids is 2. The predicted molar refractivity (Wildman–Crippen MR) is 81.0 cm³/mol. The molecule has 5 heteroatoms. The van der Waals surface area contributed by atoms with Crippen molar-refractivity contribution < 1.29 is 19.1 Å². The van der Waals surface area contributed by atoms with Crippen LogP contribution in [0.1, 0.15) is 40.4 Å². The monoisotopic (exact) mass is 299 g/mol. The van der Waals surface area contributed by atoms with Gasteiger partial charge in [0, 0.05) is 0 Å². The number of esters is 2. The molecular formula is C17H17NO4. The maximum Gasteiger partial charge on any atom is 0.362 e. The van der Waals surface area contributed by atoms with E-state index in [-0.39, 0.29) is 18.0 Å². The molecule has 0 fully saturated rings. The van der Waals surface area contributed by atoms with E-state index in [1.165, 1.54) is 12.1 Å². The molecule has 2 rings (SSSR count). The van der Waals surface area contributed by atoms with Crippen LogP contribution in [0.5, 0.6) is 5.75 Å². The molecule has 114 valence electrons. The molecule has 0 saturated heterocycles. The van der Waals surface area contributed by atoms with Crippen LogP contribution in [0.25, 0.3) is 0 Å². The first-order chi connectivity index (χ1) is 10.6. The summed E-state index contributed by atoms with van der Waals surface area (Å²) in [6, 6.07) is 11.8. The highest BCUT2D eigenvalue weighted by atomic mass is 16.5. The fourth-order valence-corrected chi connectivity index (χ4v) is 1.82. The molecule has 22 heavy (non-hydrogen) atoms. The number of hydrogen-bond donors (Lipinski definition) is 0. The van der Waals surface area contributed by atoms with Crippen LogP contribution < -0.4 is 4.74 Å². The Hall–Kier alpha value is -2.69. The van der Waals surface area contributed by atoms with Crippen molar-refractivity contribution in [2.45, 2.75) is 20.3 Å². The third-order valence-electron chi connectivity index (χ3n) is 2.98. The Morgan fingerprint density at radius 3 is 2.18 bits per heavy atom. The van der Waals surface area contributed by atoms with Gasteiger partial charge in [-0.05, 0) is 43.2 Å². The Balaban J connectivity index is 2.11. The van der Waals surface area contributed by atoms with E-state index >= 15 is 0 Å². The number of benzene rings is 1. The normalized spacial score (nSPS) is 10.1. The summed E-state index contributed by atoms with van der Waals surface area (Å²) < 4.78 is 10.1. The van der Waals surface area contributed by atoms with Crippen LogP contribution >= 0.6 is 0 Å². The van der Waals surface area contributed by atoms with E-state index in [9.17, 15) is 9.59 Å². The first-order valence-electron chi connectivity index (χ1n) is 7.09. The van der Waals surface area contributed by atoms with Gasteiger partial charge in [-0.25, -0.2) is 14.6 Å². The van der Waals surface area contributed by atoms with E-state index in [0.717, 1.165) is 12.0 Å². The minimum Gasteiger partial charge on any atom is -0.461 e. The zero-order valence-corrected chi connectivity index (χ0v) is 12.5. The van der Waals surface area contributed by atoms with Crippen LogP contribution in [0.3, 0.4) is 0 Å². The second-order valence-corrected chi connectivity index (χ2v) is 4.52. The summed E-state index contributed by atoms with van der Waals surface area (Å²) in [6.07, 6.45) is 0.914. The van der Waals surface area contributed by atoms with Gasteiger partial charge in [0.25, 0.3) is 0 Å². The van der Waals surface area contributed by atoms with Crippen molar-refractivity contribution in [1.82, 2.24) is 4.98 Å². The number of hydrogen-bond acceptors (Lipinski definition) is 5. The van der Waals surface area contributed by atoms with Crippen molar-refractivity contribution in [1.29, 1.82) is 0 Å². The van der Waals surface area contributed by atoms with Gasteiger partial charge in [-0.15, -0.1) is 0 Å². The molecule has 0 aliphatic carbocycles. The van der Waals surface area contributed by atoms with E-state index in [1.54, 1.807) is 25.1 Å². The second-order valence-electron chi connectivity index (χ2n) is 4.52. The molecule has 0 unspecified atom stereocenters. The maximum atomic E-state index is 12.1. The first kappa shape index (κ1) is 15.7. The van der Waals surface area contributed by atoms with E-state index in [4.69, 9.17) is 9.47 Å². The van der Waals surface area contributed by atoms with Crippen molar-refractivity contribution in [3.63, 3.8) is 0 Å². The zero-order chi connectivity index (χ0) is 15.9. The van der Waals surface area contributed by atoms with Gasteiger partial charge in [-0.1, -0.05) is 25.1 Å². The smallest absolute Gasteiger partial charge is 0.362 e.